The van der Waals surface area contributed by atoms with Crippen LogP contribution in [0.3, 0.4) is 0 Å². The summed E-state index contributed by atoms with van der Waals surface area (Å²) in [4.78, 5) is 38.5. The van der Waals surface area contributed by atoms with Gasteiger partial charge in [0.2, 0.25) is 15.9 Å². The number of nitrogens with one attached hydrogen (secondary N) is 1. The van der Waals surface area contributed by atoms with Crippen LogP contribution in [0.25, 0.3) is 10.3 Å². The smallest absolute Gasteiger partial charge is 0.254 e. The first kappa shape index (κ1) is 21.7. The number of benzene rings is 1. The fourth-order valence-electron chi connectivity index (χ4n) is 3.94. The molecule has 2 saturated heterocycles. The number of amides is 2. The highest BCUT2D eigenvalue weighted by Gasteiger charge is 2.30. The summed E-state index contributed by atoms with van der Waals surface area (Å²) in [7, 11) is -3.86. The van der Waals surface area contributed by atoms with E-state index in [-0.39, 0.29) is 36.3 Å². The molecule has 3 aromatic rings. The summed E-state index contributed by atoms with van der Waals surface area (Å²) in [5.74, 6) is -0.548. The van der Waals surface area contributed by atoms with Gasteiger partial charge in [-0.3, -0.25) is 9.59 Å². The van der Waals surface area contributed by atoms with E-state index in [0.29, 0.717) is 31.7 Å². The Balaban J connectivity index is 1.28. The Morgan fingerprint density at radius 2 is 1.88 bits per heavy atom. The molecule has 5 rings (SSSR count). The van der Waals surface area contributed by atoms with Crippen molar-refractivity contribution in [1.82, 2.24) is 24.5 Å². The standard InChI is InChI=1S/C21H22N6O4S2/c28-18-14-27(8-7-22-18)33(30,31)16-4-1-3-15(13-16)20(29)25-9-11-26(12-10-25)21-24-17-5-2-6-23-19(17)32-21/h1-6,13H,7-12,14H2,(H,22,28). The van der Waals surface area contributed by atoms with Gasteiger partial charge in [0, 0.05) is 51.0 Å². The van der Waals surface area contributed by atoms with Gasteiger partial charge < -0.3 is 15.1 Å². The lowest BCUT2D eigenvalue weighted by Gasteiger charge is -2.34. The Labute approximate surface area is 194 Å². The molecule has 0 spiro atoms. The Morgan fingerprint density at radius 3 is 2.64 bits per heavy atom. The minimum atomic E-state index is -3.86. The van der Waals surface area contributed by atoms with Crippen LogP contribution in [0.1, 0.15) is 10.4 Å². The molecule has 0 unspecified atom stereocenters. The third-order valence-corrected chi connectivity index (χ3v) is 8.60. The van der Waals surface area contributed by atoms with E-state index in [1.807, 2.05) is 12.1 Å². The third-order valence-electron chi connectivity index (χ3n) is 5.71. The van der Waals surface area contributed by atoms with Gasteiger partial charge in [-0.05, 0) is 30.3 Å². The van der Waals surface area contributed by atoms with Crippen molar-refractivity contribution in [2.24, 2.45) is 0 Å². The Morgan fingerprint density at radius 1 is 1.06 bits per heavy atom. The summed E-state index contributed by atoms with van der Waals surface area (Å²) in [6, 6.07) is 9.83. The summed E-state index contributed by atoms with van der Waals surface area (Å²) < 4.78 is 27.1. The zero-order valence-electron chi connectivity index (χ0n) is 17.7. The first-order valence-electron chi connectivity index (χ1n) is 10.5. The summed E-state index contributed by atoms with van der Waals surface area (Å²) >= 11 is 1.53. The first-order chi connectivity index (χ1) is 15.9. The van der Waals surface area contributed by atoms with Gasteiger partial charge in [-0.2, -0.15) is 4.31 Å². The van der Waals surface area contributed by atoms with E-state index >= 15 is 0 Å². The third kappa shape index (κ3) is 4.28. The van der Waals surface area contributed by atoms with Crippen LogP contribution in [-0.4, -0.2) is 85.2 Å². The Bertz CT molecular complexity index is 1280. The van der Waals surface area contributed by atoms with Gasteiger partial charge in [-0.1, -0.05) is 17.4 Å². The first-order valence-corrected chi connectivity index (χ1v) is 12.8. The largest absolute Gasteiger partial charge is 0.354 e. The number of fused-ring (bicyclic) bond motifs is 1. The SMILES string of the molecule is O=C1CN(S(=O)(=O)c2cccc(C(=O)N3CCN(c4nc5cccnc5s4)CC3)c2)CCN1. The topological polar surface area (TPSA) is 116 Å². The maximum atomic E-state index is 13.1. The van der Waals surface area contributed by atoms with Gasteiger partial charge in [-0.15, -0.1) is 0 Å². The van der Waals surface area contributed by atoms with Gasteiger partial charge >= 0.3 is 0 Å². The molecule has 0 saturated carbocycles. The molecule has 0 atom stereocenters. The van der Waals surface area contributed by atoms with Crippen molar-refractivity contribution in [3.63, 3.8) is 0 Å². The monoisotopic (exact) mass is 486 g/mol. The van der Waals surface area contributed by atoms with E-state index in [1.165, 1.54) is 23.5 Å². The number of thiazole rings is 1. The van der Waals surface area contributed by atoms with Crippen LogP contribution in [0.15, 0.2) is 47.5 Å². The highest BCUT2D eigenvalue weighted by Crippen LogP contribution is 2.28. The fraction of sp³-hybridized carbons (Fsp3) is 0.333. The number of anilines is 1. The van der Waals surface area contributed by atoms with Crippen LogP contribution >= 0.6 is 11.3 Å². The van der Waals surface area contributed by atoms with Crippen molar-refractivity contribution in [1.29, 1.82) is 0 Å². The van der Waals surface area contributed by atoms with Crippen molar-refractivity contribution in [3.8, 4) is 0 Å². The molecule has 2 aromatic heterocycles. The number of hydrogen-bond acceptors (Lipinski definition) is 8. The van der Waals surface area contributed by atoms with Crippen LogP contribution in [-0.2, 0) is 14.8 Å². The molecule has 2 aliphatic rings. The van der Waals surface area contributed by atoms with E-state index < -0.39 is 10.0 Å². The number of piperazine rings is 2. The van der Waals surface area contributed by atoms with Crippen LogP contribution in [0, 0.1) is 0 Å². The number of rotatable bonds is 4. The lowest BCUT2D eigenvalue weighted by atomic mass is 10.2. The molecule has 1 aromatic carbocycles. The summed E-state index contributed by atoms with van der Waals surface area (Å²) in [5, 5.41) is 3.50. The normalized spacial score (nSPS) is 17.9. The molecule has 4 heterocycles. The summed E-state index contributed by atoms with van der Waals surface area (Å²) in [6.45, 7) is 2.53. The summed E-state index contributed by atoms with van der Waals surface area (Å²) in [5.41, 5.74) is 1.18. The molecule has 0 bridgehead atoms. The number of hydrogen-bond donors (Lipinski definition) is 1. The van der Waals surface area contributed by atoms with Gasteiger partial charge in [0.25, 0.3) is 5.91 Å². The zero-order chi connectivity index (χ0) is 23.0. The average Bonchev–Trinajstić information content (AvgIpc) is 3.28. The number of nitrogens with zero attached hydrogens (tertiary/aromatic N) is 5. The lowest BCUT2D eigenvalue weighted by molar-refractivity contribution is -0.122. The molecule has 2 fully saturated rings. The predicted octanol–water partition coefficient (Wildman–Crippen LogP) is 0.774. The van der Waals surface area contributed by atoms with E-state index in [1.54, 1.807) is 23.2 Å². The maximum Gasteiger partial charge on any atom is 0.254 e. The second-order valence-electron chi connectivity index (χ2n) is 7.82. The van der Waals surface area contributed by atoms with Crippen LogP contribution in [0.2, 0.25) is 0 Å². The quantitative estimate of drug-likeness (QED) is 0.579. The van der Waals surface area contributed by atoms with Crippen molar-refractivity contribution in [3.05, 3.63) is 48.2 Å². The molecule has 12 heteroatoms. The molecule has 10 nitrogen and oxygen atoms in total. The molecular weight excluding hydrogens is 464 g/mol. The van der Waals surface area contributed by atoms with E-state index in [2.05, 4.69) is 20.2 Å². The number of pyridine rings is 1. The minimum Gasteiger partial charge on any atom is -0.354 e. The predicted molar refractivity (Wildman–Crippen MR) is 124 cm³/mol. The molecule has 172 valence electrons. The number of aromatic nitrogens is 2. The number of sulfonamides is 1. The molecule has 2 aliphatic heterocycles. The van der Waals surface area contributed by atoms with Gasteiger partial charge in [0.1, 0.15) is 10.3 Å². The van der Waals surface area contributed by atoms with Crippen molar-refractivity contribution in [2.45, 2.75) is 4.90 Å². The molecule has 0 radical (unpaired) electrons. The van der Waals surface area contributed by atoms with Crippen molar-refractivity contribution >= 4 is 48.7 Å². The maximum absolute atomic E-state index is 13.1. The van der Waals surface area contributed by atoms with E-state index in [9.17, 15) is 18.0 Å². The number of carbonyl (C=O) groups is 2. The van der Waals surface area contributed by atoms with Gasteiger partial charge in [0.15, 0.2) is 5.13 Å². The molecular formula is C21H22N6O4S2. The van der Waals surface area contributed by atoms with Crippen molar-refractivity contribution < 1.29 is 18.0 Å². The zero-order valence-corrected chi connectivity index (χ0v) is 19.3. The molecule has 0 aliphatic carbocycles. The minimum absolute atomic E-state index is 0.0173. The van der Waals surface area contributed by atoms with Gasteiger partial charge in [0.05, 0.1) is 11.4 Å². The lowest BCUT2D eigenvalue weighted by Crippen LogP contribution is -2.50. The van der Waals surface area contributed by atoms with Crippen LogP contribution in [0.4, 0.5) is 5.13 Å². The second-order valence-corrected chi connectivity index (χ2v) is 10.7. The Kier molecular flexibility index (Phi) is 5.72. The van der Waals surface area contributed by atoms with E-state index in [4.69, 9.17) is 0 Å². The van der Waals surface area contributed by atoms with E-state index in [0.717, 1.165) is 19.8 Å². The second kappa shape index (κ2) is 8.69. The van der Waals surface area contributed by atoms with Crippen LogP contribution in [0.5, 0.6) is 0 Å². The molecule has 1 N–H and O–H groups in total. The highest BCUT2D eigenvalue weighted by molar-refractivity contribution is 7.89. The number of carbonyl (C=O) groups excluding carboxylic acids is 2. The van der Waals surface area contributed by atoms with Gasteiger partial charge in [-0.25, -0.2) is 18.4 Å². The molecule has 2 amide bonds. The van der Waals surface area contributed by atoms with Crippen molar-refractivity contribution in [2.75, 3.05) is 50.7 Å². The van der Waals surface area contributed by atoms with Crippen LogP contribution < -0.4 is 10.2 Å². The summed E-state index contributed by atoms with van der Waals surface area (Å²) in [6.07, 6.45) is 1.75. The average molecular weight is 487 g/mol. The molecule has 33 heavy (non-hydrogen) atoms. The Hall–Kier alpha value is -3.09. The highest BCUT2D eigenvalue weighted by atomic mass is 32.2. The fourth-order valence-corrected chi connectivity index (χ4v) is 6.34.